The zero-order valence-electron chi connectivity index (χ0n) is 12.6. The van der Waals surface area contributed by atoms with Crippen molar-refractivity contribution in [2.75, 3.05) is 19.7 Å². The van der Waals surface area contributed by atoms with Gasteiger partial charge in [0.2, 0.25) is 5.91 Å². The molecule has 0 radical (unpaired) electrons. The molecule has 0 spiro atoms. The van der Waals surface area contributed by atoms with Crippen LogP contribution in [0.2, 0.25) is 0 Å². The summed E-state index contributed by atoms with van der Waals surface area (Å²) in [6.45, 7) is 4.31. The standard InChI is InChI=1S/C16H26N2O2/c1-2-11-20-14-7-6-10-18(12-14)15(19)16(13-17)8-4-3-5-9-16/h14H,2-12H2,1H3. The van der Waals surface area contributed by atoms with Crippen LogP contribution in [0, 0.1) is 16.7 Å². The number of nitriles is 1. The van der Waals surface area contributed by atoms with Crippen LogP contribution in [0.5, 0.6) is 0 Å². The molecule has 1 aliphatic carbocycles. The van der Waals surface area contributed by atoms with Gasteiger partial charge < -0.3 is 9.64 Å². The molecular weight excluding hydrogens is 252 g/mol. The number of amides is 1. The van der Waals surface area contributed by atoms with E-state index >= 15 is 0 Å². The van der Waals surface area contributed by atoms with E-state index in [1.807, 2.05) is 4.90 Å². The van der Waals surface area contributed by atoms with Gasteiger partial charge in [-0.2, -0.15) is 5.26 Å². The number of hydrogen-bond acceptors (Lipinski definition) is 3. The van der Waals surface area contributed by atoms with E-state index in [-0.39, 0.29) is 12.0 Å². The van der Waals surface area contributed by atoms with Gasteiger partial charge in [-0.15, -0.1) is 0 Å². The third-order valence-electron chi connectivity index (χ3n) is 4.55. The van der Waals surface area contributed by atoms with Gasteiger partial charge in [-0.05, 0) is 32.1 Å². The second-order valence-corrected chi connectivity index (χ2v) is 6.14. The number of hydrogen-bond donors (Lipinski definition) is 0. The molecule has 1 amide bonds. The fourth-order valence-electron chi connectivity index (χ4n) is 3.37. The molecule has 1 aliphatic heterocycles. The van der Waals surface area contributed by atoms with E-state index in [0.29, 0.717) is 6.54 Å². The summed E-state index contributed by atoms with van der Waals surface area (Å²) in [5.74, 6) is 0.0597. The molecule has 0 aromatic heterocycles. The van der Waals surface area contributed by atoms with E-state index in [9.17, 15) is 10.1 Å². The molecule has 0 N–H and O–H groups in total. The SMILES string of the molecule is CCCOC1CCCN(C(=O)C2(C#N)CCCCC2)C1. The number of likely N-dealkylation sites (tertiary alicyclic amines) is 1. The summed E-state index contributed by atoms with van der Waals surface area (Å²) >= 11 is 0. The van der Waals surface area contributed by atoms with Crippen LogP contribution in [0.25, 0.3) is 0 Å². The van der Waals surface area contributed by atoms with Gasteiger partial charge in [0.1, 0.15) is 5.41 Å². The van der Waals surface area contributed by atoms with Crippen molar-refractivity contribution in [3.63, 3.8) is 0 Å². The predicted octanol–water partition coefficient (Wildman–Crippen LogP) is 2.88. The quantitative estimate of drug-likeness (QED) is 0.794. The molecule has 1 saturated carbocycles. The first kappa shape index (κ1) is 15.3. The van der Waals surface area contributed by atoms with E-state index in [4.69, 9.17) is 4.74 Å². The summed E-state index contributed by atoms with van der Waals surface area (Å²) in [7, 11) is 0. The zero-order chi connectivity index (χ0) is 14.4. The summed E-state index contributed by atoms with van der Waals surface area (Å²) in [6, 6.07) is 2.34. The van der Waals surface area contributed by atoms with Crippen LogP contribution in [-0.2, 0) is 9.53 Å². The Morgan fingerprint density at radius 2 is 2.10 bits per heavy atom. The molecular formula is C16H26N2O2. The number of ether oxygens (including phenoxy) is 1. The number of rotatable bonds is 4. The van der Waals surface area contributed by atoms with Crippen LogP contribution in [-0.4, -0.2) is 36.6 Å². The zero-order valence-corrected chi connectivity index (χ0v) is 12.6. The first-order valence-corrected chi connectivity index (χ1v) is 8.04. The number of carbonyl (C=O) groups is 1. The van der Waals surface area contributed by atoms with E-state index < -0.39 is 5.41 Å². The van der Waals surface area contributed by atoms with Gasteiger partial charge in [0, 0.05) is 19.7 Å². The van der Waals surface area contributed by atoms with Crippen molar-refractivity contribution < 1.29 is 9.53 Å². The fourth-order valence-corrected chi connectivity index (χ4v) is 3.37. The second-order valence-electron chi connectivity index (χ2n) is 6.14. The Morgan fingerprint density at radius 1 is 1.35 bits per heavy atom. The number of carbonyl (C=O) groups excluding carboxylic acids is 1. The van der Waals surface area contributed by atoms with Gasteiger partial charge in [0.15, 0.2) is 0 Å². The Bertz CT molecular complexity index is 369. The molecule has 2 rings (SSSR count). The second kappa shape index (κ2) is 7.08. The minimum Gasteiger partial charge on any atom is -0.376 e. The lowest BCUT2D eigenvalue weighted by molar-refractivity contribution is -0.144. The summed E-state index contributed by atoms with van der Waals surface area (Å²) in [5, 5.41) is 9.52. The van der Waals surface area contributed by atoms with Crippen LogP contribution >= 0.6 is 0 Å². The fraction of sp³-hybridized carbons (Fsp3) is 0.875. The average molecular weight is 278 g/mol. The highest BCUT2D eigenvalue weighted by Crippen LogP contribution is 2.38. The molecule has 4 heteroatoms. The van der Waals surface area contributed by atoms with Crippen molar-refractivity contribution in [1.82, 2.24) is 4.90 Å². The molecule has 0 aromatic rings. The van der Waals surface area contributed by atoms with Gasteiger partial charge in [-0.25, -0.2) is 0 Å². The van der Waals surface area contributed by atoms with E-state index in [1.165, 1.54) is 0 Å². The molecule has 0 aromatic carbocycles. The summed E-state index contributed by atoms with van der Waals surface area (Å²) < 4.78 is 5.79. The average Bonchev–Trinajstić information content (AvgIpc) is 2.53. The van der Waals surface area contributed by atoms with Crippen molar-refractivity contribution in [2.24, 2.45) is 5.41 Å². The lowest BCUT2D eigenvalue weighted by atomic mass is 9.74. The highest BCUT2D eigenvalue weighted by Gasteiger charge is 2.43. The third kappa shape index (κ3) is 3.32. The maximum Gasteiger partial charge on any atom is 0.243 e. The summed E-state index contributed by atoms with van der Waals surface area (Å²) in [5.41, 5.74) is -0.745. The Kier molecular flexibility index (Phi) is 5.42. The van der Waals surface area contributed by atoms with Gasteiger partial charge in [-0.3, -0.25) is 4.79 Å². The molecule has 4 nitrogen and oxygen atoms in total. The van der Waals surface area contributed by atoms with E-state index in [2.05, 4.69) is 13.0 Å². The minimum absolute atomic E-state index is 0.0597. The van der Waals surface area contributed by atoms with Gasteiger partial charge >= 0.3 is 0 Å². The van der Waals surface area contributed by atoms with E-state index in [1.54, 1.807) is 0 Å². The van der Waals surface area contributed by atoms with Crippen LogP contribution in [0.15, 0.2) is 0 Å². The Balaban J connectivity index is 1.98. The topological polar surface area (TPSA) is 53.3 Å². The van der Waals surface area contributed by atoms with Crippen molar-refractivity contribution >= 4 is 5.91 Å². The molecule has 2 fully saturated rings. The summed E-state index contributed by atoms with van der Waals surface area (Å²) in [6.07, 6.45) is 7.81. The smallest absolute Gasteiger partial charge is 0.243 e. The monoisotopic (exact) mass is 278 g/mol. The van der Waals surface area contributed by atoms with Crippen molar-refractivity contribution in [3.8, 4) is 6.07 Å². The lowest BCUT2D eigenvalue weighted by Crippen LogP contribution is -2.50. The first-order chi connectivity index (χ1) is 9.72. The molecule has 1 saturated heterocycles. The Hall–Kier alpha value is -1.08. The normalized spacial score (nSPS) is 26.0. The van der Waals surface area contributed by atoms with E-state index in [0.717, 1.165) is 64.5 Å². The van der Waals surface area contributed by atoms with Crippen molar-refractivity contribution in [1.29, 1.82) is 5.26 Å². The number of piperidine rings is 1. The van der Waals surface area contributed by atoms with Crippen LogP contribution in [0.3, 0.4) is 0 Å². The van der Waals surface area contributed by atoms with Gasteiger partial charge in [0.05, 0.1) is 12.2 Å². The molecule has 1 atom stereocenters. The summed E-state index contributed by atoms with van der Waals surface area (Å²) in [4.78, 5) is 14.7. The molecule has 2 aliphatic rings. The largest absolute Gasteiger partial charge is 0.376 e. The Labute approximate surface area is 122 Å². The lowest BCUT2D eigenvalue weighted by Gasteiger charge is -2.39. The van der Waals surface area contributed by atoms with Gasteiger partial charge in [0.25, 0.3) is 0 Å². The first-order valence-electron chi connectivity index (χ1n) is 8.04. The van der Waals surface area contributed by atoms with Gasteiger partial charge in [-0.1, -0.05) is 26.2 Å². The molecule has 1 unspecified atom stereocenters. The van der Waals surface area contributed by atoms with Crippen molar-refractivity contribution in [3.05, 3.63) is 0 Å². The van der Waals surface area contributed by atoms with Crippen molar-refractivity contribution in [2.45, 2.75) is 64.4 Å². The third-order valence-corrected chi connectivity index (χ3v) is 4.55. The number of nitrogens with zero attached hydrogens (tertiary/aromatic N) is 2. The predicted molar refractivity (Wildman–Crippen MR) is 77.0 cm³/mol. The maximum atomic E-state index is 12.8. The van der Waals surface area contributed by atoms with Crippen LogP contribution < -0.4 is 0 Å². The Morgan fingerprint density at radius 3 is 2.75 bits per heavy atom. The molecule has 1 heterocycles. The molecule has 20 heavy (non-hydrogen) atoms. The highest BCUT2D eigenvalue weighted by molar-refractivity contribution is 5.85. The maximum absolute atomic E-state index is 12.8. The molecule has 112 valence electrons. The molecule has 0 bridgehead atoms. The van der Waals surface area contributed by atoms with Crippen LogP contribution in [0.4, 0.5) is 0 Å². The minimum atomic E-state index is -0.745. The highest BCUT2D eigenvalue weighted by atomic mass is 16.5. The van der Waals surface area contributed by atoms with Crippen LogP contribution in [0.1, 0.15) is 58.3 Å².